The number of aromatic amines is 1. The van der Waals surface area contributed by atoms with Crippen LogP contribution in [-0.2, 0) is 18.7 Å². The van der Waals surface area contributed by atoms with Gasteiger partial charge in [-0.15, -0.1) is 0 Å². The Hall–Kier alpha value is -2.50. The summed E-state index contributed by atoms with van der Waals surface area (Å²) >= 11 is 1.72. The zero-order valence-electron chi connectivity index (χ0n) is 17.2. The van der Waals surface area contributed by atoms with Gasteiger partial charge in [0.15, 0.2) is 5.82 Å². The Morgan fingerprint density at radius 2 is 2.21 bits per heavy atom. The van der Waals surface area contributed by atoms with Gasteiger partial charge in [-0.2, -0.15) is 11.8 Å². The maximum Gasteiger partial charge on any atom is 0.274 e. The van der Waals surface area contributed by atoms with Gasteiger partial charge in [0.05, 0.1) is 23.5 Å². The molecule has 2 aromatic rings. The number of hydrogen-bond donors (Lipinski definition) is 4. The van der Waals surface area contributed by atoms with Gasteiger partial charge in [-0.1, -0.05) is 0 Å². The summed E-state index contributed by atoms with van der Waals surface area (Å²) in [6.45, 7) is 2.13. The molecule has 2 aromatic heterocycles. The van der Waals surface area contributed by atoms with Crippen LogP contribution in [0.15, 0.2) is 41.1 Å². The lowest BCUT2D eigenvalue weighted by atomic mass is 10.3. The molecule has 5 N–H and O–H groups in total. The Kier molecular flexibility index (Phi) is 12.3. The number of nitro groups is 1. The average Bonchev–Trinajstić information content (AvgIpc) is 3.32. The molecule has 0 fully saturated rings. The highest BCUT2D eigenvalue weighted by Crippen LogP contribution is 2.15. The van der Waals surface area contributed by atoms with E-state index in [0.717, 1.165) is 47.9 Å². The van der Waals surface area contributed by atoms with Gasteiger partial charge in [0.2, 0.25) is 0 Å². The molecule has 0 aliphatic heterocycles. The maximum atomic E-state index is 10.3. The molecule has 10 nitrogen and oxygen atoms in total. The Bertz CT molecular complexity index is 717. The second kappa shape index (κ2) is 14.5. The van der Waals surface area contributed by atoms with Gasteiger partial charge >= 0.3 is 0 Å². The monoisotopic (exact) mass is 425 g/mol. The highest BCUT2D eigenvalue weighted by molar-refractivity contribution is 7.98. The number of imidazole rings is 1. The van der Waals surface area contributed by atoms with Crippen molar-refractivity contribution in [2.24, 2.45) is 5.73 Å². The van der Waals surface area contributed by atoms with E-state index >= 15 is 0 Å². The molecule has 0 unspecified atom stereocenters. The van der Waals surface area contributed by atoms with Crippen molar-refractivity contribution >= 4 is 11.8 Å². The zero-order chi connectivity index (χ0) is 21.5. The van der Waals surface area contributed by atoms with E-state index in [4.69, 9.17) is 10.2 Å². The molecule has 0 atom stereocenters. The smallest absolute Gasteiger partial charge is 0.274 e. The van der Waals surface area contributed by atoms with Crippen LogP contribution in [0.5, 0.6) is 0 Å². The largest absolute Gasteiger partial charge is 0.464 e. The lowest BCUT2D eigenvalue weighted by Gasteiger charge is -2.07. The third-order valence-electron chi connectivity index (χ3n) is 3.47. The normalized spacial score (nSPS) is 11.1. The fraction of sp³-hybridized carbons (Fsp3) is 0.500. The van der Waals surface area contributed by atoms with Crippen molar-refractivity contribution in [1.82, 2.24) is 25.5 Å². The van der Waals surface area contributed by atoms with Crippen LogP contribution in [0.4, 0.5) is 0 Å². The van der Waals surface area contributed by atoms with Crippen LogP contribution in [0.2, 0.25) is 0 Å². The Morgan fingerprint density at radius 1 is 1.45 bits per heavy atom. The number of rotatable bonds is 12. The standard InChI is InChI=1S/C13H22N4O3S.C5H9N3/c1-14-13(9-17(18)19)15-6-7-21-10-12-5-4-11(20-12)8-16(2)3;6-2-1-5-3-7-4-8-5/h4-5,9,14-15H,6-8,10H2,1-3H3;3-4H,1-2,6H2,(H,7,8)/b13-9-;. The first-order chi connectivity index (χ1) is 13.9. The fourth-order valence-corrected chi connectivity index (χ4v) is 2.96. The van der Waals surface area contributed by atoms with Crippen LogP contribution in [0.1, 0.15) is 17.2 Å². The predicted octanol–water partition coefficient (Wildman–Crippen LogP) is 1.37. The molecule has 0 saturated carbocycles. The van der Waals surface area contributed by atoms with Crippen molar-refractivity contribution in [3.05, 3.63) is 64.0 Å². The van der Waals surface area contributed by atoms with E-state index in [2.05, 4.69) is 25.5 Å². The summed E-state index contributed by atoms with van der Waals surface area (Å²) in [6, 6.07) is 3.98. The summed E-state index contributed by atoms with van der Waals surface area (Å²) in [4.78, 5) is 18.7. The van der Waals surface area contributed by atoms with Gasteiger partial charge in [0.25, 0.3) is 6.20 Å². The van der Waals surface area contributed by atoms with Crippen molar-refractivity contribution < 1.29 is 9.34 Å². The molecular weight excluding hydrogens is 394 g/mol. The van der Waals surface area contributed by atoms with Crippen LogP contribution in [0.3, 0.4) is 0 Å². The first kappa shape index (κ1) is 24.5. The lowest BCUT2D eigenvalue weighted by Crippen LogP contribution is -2.26. The molecule has 2 rings (SSSR count). The van der Waals surface area contributed by atoms with E-state index in [0.29, 0.717) is 18.9 Å². The zero-order valence-corrected chi connectivity index (χ0v) is 18.0. The van der Waals surface area contributed by atoms with E-state index in [1.165, 1.54) is 0 Å². The maximum absolute atomic E-state index is 10.3. The second-order valence-corrected chi connectivity index (χ2v) is 7.38. The molecule has 0 saturated heterocycles. The molecule has 0 radical (unpaired) electrons. The van der Waals surface area contributed by atoms with E-state index < -0.39 is 4.92 Å². The number of thioether (sulfide) groups is 1. The van der Waals surface area contributed by atoms with Crippen molar-refractivity contribution in [2.45, 2.75) is 18.7 Å². The van der Waals surface area contributed by atoms with Gasteiger partial charge in [0, 0.05) is 37.7 Å². The molecule has 0 aliphatic rings. The van der Waals surface area contributed by atoms with Crippen molar-refractivity contribution in [1.29, 1.82) is 0 Å². The molecule has 0 aliphatic carbocycles. The molecule has 162 valence electrons. The Balaban J connectivity index is 0.000000436. The van der Waals surface area contributed by atoms with Crippen LogP contribution >= 0.6 is 11.8 Å². The molecule has 11 heteroatoms. The summed E-state index contributed by atoms with van der Waals surface area (Å²) in [5.41, 5.74) is 6.38. The summed E-state index contributed by atoms with van der Waals surface area (Å²) in [6.07, 6.45) is 5.25. The average molecular weight is 426 g/mol. The van der Waals surface area contributed by atoms with Crippen LogP contribution in [0, 0.1) is 10.1 Å². The molecule has 2 heterocycles. The summed E-state index contributed by atoms with van der Waals surface area (Å²) < 4.78 is 5.70. The molecule has 29 heavy (non-hydrogen) atoms. The van der Waals surface area contributed by atoms with Crippen molar-refractivity contribution in [3.63, 3.8) is 0 Å². The third kappa shape index (κ3) is 11.8. The van der Waals surface area contributed by atoms with E-state index in [9.17, 15) is 10.1 Å². The predicted molar refractivity (Wildman–Crippen MR) is 116 cm³/mol. The van der Waals surface area contributed by atoms with E-state index in [-0.39, 0.29) is 0 Å². The van der Waals surface area contributed by atoms with Crippen LogP contribution < -0.4 is 16.4 Å². The molecule has 0 aromatic carbocycles. The van der Waals surface area contributed by atoms with Gasteiger partial charge in [-0.05, 0) is 32.8 Å². The molecular formula is C18H31N7O3S. The van der Waals surface area contributed by atoms with Gasteiger partial charge < -0.3 is 30.7 Å². The number of furan rings is 1. The first-order valence-corrected chi connectivity index (χ1v) is 10.3. The molecule has 0 spiro atoms. The van der Waals surface area contributed by atoms with Crippen LogP contribution in [0.25, 0.3) is 0 Å². The van der Waals surface area contributed by atoms with Crippen LogP contribution in [-0.4, -0.2) is 59.8 Å². The van der Waals surface area contributed by atoms with Gasteiger partial charge in [-0.3, -0.25) is 10.1 Å². The lowest BCUT2D eigenvalue weighted by molar-refractivity contribution is -0.404. The number of nitrogens with two attached hydrogens (primary N) is 1. The Labute approximate surface area is 175 Å². The highest BCUT2D eigenvalue weighted by atomic mass is 32.2. The number of H-pyrrole nitrogens is 1. The SMILES string of the molecule is CN/C(=C/[N+](=O)[O-])NCCSCc1ccc(CN(C)C)o1.NCCc1cnc[nH]1. The number of nitrogens with one attached hydrogen (secondary N) is 3. The van der Waals surface area contributed by atoms with E-state index in [1.807, 2.05) is 26.2 Å². The second-order valence-electron chi connectivity index (χ2n) is 6.28. The third-order valence-corrected chi connectivity index (χ3v) is 4.45. The number of hydrogen-bond acceptors (Lipinski definition) is 9. The minimum atomic E-state index is -0.485. The quantitative estimate of drug-likeness (QED) is 0.225. The first-order valence-electron chi connectivity index (χ1n) is 9.19. The van der Waals surface area contributed by atoms with Crippen molar-refractivity contribution in [2.75, 3.05) is 40.0 Å². The minimum absolute atomic E-state index is 0.409. The summed E-state index contributed by atoms with van der Waals surface area (Å²) in [7, 11) is 5.64. The van der Waals surface area contributed by atoms with E-state index in [1.54, 1.807) is 31.3 Å². The Morgan fingerprint density at radius 3 is 2.79 bits per heavy atom. The van der Waals surface area contributed by atoms with Gasteiger partial charge in [0.1, 0.15) is 11.5 Å². The highest BCUT2D eigenvalue weighted by Gasteiger charge is 2.04. The topological polar surface area (TPSA) is 138 Å². The van der Waals surface area contributed by atoms with Crippen molar-refractivity contribution in [3.8, 4) is 0 Å². The van der Waals surface area contributed by atoms with Gasteiger partial charge in [-0.25, -0.2) is 4.98 Å². The fourth-order valence-electron chi connectivity index (χ4n) is 2.21. The summed E-state index contributed by atoms with van der Waals surface area (Å²) in [5, 5.41) is 16.1. The number of aromatic nitrogens is 2. The molecule has 0 amide bonds. The minimum Gasteiger partial charge on any atom is -0.464 e. The summed E-state index contributed by atoms with van der Waals surface area (Å²) in [5.74, 6) is 3.95. The molecule has 0 bridgehead atoms. The number of nitrogens with zero attached hydrogens (tertiary/aromatic N) is 3.